The molecule has 1 atom stereocenters. The second kappa shape index (κ2) is 4.86. The third kappa shape index (κ3) is 2.03. The molecule has 0 saturated carbocycles. The minimum Gasteiger partial charge on any atom is -0.354 e. The number of rotatable bonds is 2. The van der Waals surface area contributed by atoms with Crippen LogP contribution in [0.25, 0.3) is 11.0 Å². The summed E-state index contributed by atoms with van der Waals surface area (Å²) in [6.45, 7) is 4.52. The third-order valence-electron chi connectivity index (χ3n) is 4.38. The minimum absolute atomic E-state index is 0.279. The van der Waals surface area contributed by atoms with Crippen molar-refractivity contribution >= 4 is 28.5 Å². The Morgan fingerprint density at radius 1 is 1.20 bits per heavy atom. The minimum atomic E-state index is 0.279. The second-order valence-corrected chi connectivity index (χ2v) is 5.92. The van der Waals surface area contributed by atoms with Crippen LogP contribution in [0.4, 0.5) is 5.82 Å². The van der Waals surface area contributed by atoms with Crippen molar-refractivity contribution in [1.82, 2.24) is 25.1 Å². The molecule has 4 heterocycles. The fraction of sp³-hybridized carbons (Fsp3) is 0.615. The van der Waals surface area contributed by atoms with Crippen molar-refractivity contribution in [3.8, 4) is 0 Å². The third-order valence-corrected chi connectivity index (χ3v) is 4.55. The first kappa shape index (κ1) is 12.3. The molecule has 2 aliphatic rings. The standard InChI is InChI=1S/C13H17ClN6/c14-13-16-11-10(7-15-18-11)12(17-13)20-6-3-9(8-20)19-4-1-2-5-19/h7,9H,1-6,8H2,(H,15,16,17,18). The fourth-order valence-corrected chi connectivity index (χ4v) is 3.54. The van der Waals surface area contributed by atoms with Crippen LogP contribution in [0.2, 0.25) is 5.28 Å². The van der Waals surface area contributed by atoms with E-state index in [1.165, 1.54) is 32.4 Å². The van der Waals surface area contributed by atoms with Gasteiger partial charge in [0, 0.05) is 19.1 Å². The average molecular weight is 293 g/mol. The number of fused-ring (bicyclic) bond motifs is 1. The van der Waals surface area contributed by atoms with Crippen molar-refractivity contribution in [2.75, 3.05) is 31.1 Å². The predicted octanol–water partition coefficient (Wildman–Crippen LogP) is 1.68. The van der Waals surface area contributed by atoms with E-state index in [0.29, 0.717) is 11.7 Å². The molecule has 7 heteroatoms. The number of anilines is 1. The van der Waals surface area contributed by atoms with Gasteiger partial charge in [-0.2, -0.15) is 15.1 Å². The summed E-state index contributed by atoms with van der Waals surface area (Å²) in [5.74, 6) is 0.912. The summed E-state index contributed by atoms with van der Waals surface area (Å²) in [4.78, 5) is 13.5. The zero-order valence-electron chi connectivity index (χ0n) is 11.2. The Morgan fingerprint density at radius 3 is 2.90 bits per heavy atom. The zero-order valence-corrected chi connectivity index (χ0v) is 12.0. The van der Waals surface area contributed by atoms with Crippen molar-refractivity contribution in [3.63, 3.8) is 0 Å². The van der Waals surface area contributed by atoms with Gasteiger partial charge in [0.15, 0.2) is 5.65 Å². The van der Waals surface area contributed by atoms with Gasteiger partial charge in [-0.15, -0.1) is 0 Å². The molecule has 0 bridgehead atoms. The maximum Gasteiger partial charge on any atom is 0.226 e. The van der Waals surface area contributed by atoms with Crippen LogP contribution in [0.15, 0.2) is 6.20 Å². The van der Waals surface area contributed by atoms with E-state index >= 15 is 0 Å². The maximum absolute atomic E-state index is 6.02. The van der Waals surface area contributed by atoms with E-state index < -0.39 is 0 Å². The molecule has 0 aliphatic carbocycles. The lowest BCUT2D eigenvalue weighted by molar-refractivity contribution is 0.260. The molecule has 4 rings (SSSR count). The van der Waals surface area contributed by atoms with Gasteiger partial charge in [-0.25, -0.2) is 0 Å². The van der Waals surface area contributed by atoms with E-state index in [-0.39, 0.29) is 5.28 Å². The lowest BCUT2D eigenvalue weighted by atomic mass is 10.2. The van der Waals surface area contributed by atoms with E-state index in [4.69, 9.17) is 11.6 Å². The first-order valence-corrected chi connectivity index (χ1v) is 7.55. The Kier molecular flexibility index (Phi) is 3.00. The summed E-state index contributed by atoms with van der Waals surface area (Å²) in [5, 5.41) is 8.15. The maximum atomic E-state index is 6.02. The zero-order chi connectivity index (χ0) is 13.5. The Bertz CT molecular complexity index is 620. The van der Waals surface area contributed by atoms with Crippen LogP contribution < -0.4 is 4.90 Å². The summed E-state index contributed by atoms with van der Waals surface area (Å²) < 4.78 is 0. The van der Waals surface area contributed by atoms with Gasteiger partial charge < -0.3 is 4.90 Å². The van der Waals surface area contributed by atoms with Crippen LogP contribution in [-0.4, -0.2) is 57.3 Å². The SMILES string of the molecule is Clc1nc(N2CCC(N3CCCC3)C2)c2cn[nH]c2n1. The van der Waals surface area contributed by atoms with E-state index in [2.05, 4.69) is 30.0 Å². The Balaban J connectivity index is 1.62. The number of hydrogen-bond acceptors (Lipinski definition) is 5. The first-order valence-electron chi connectivity index (χ1n) is 7.17. The number of H-pyrrole nitrogens is 1. The molecule has 6 nitrogen and oxygen atoms in total. The number of nitrogens with zero attached hydrogens (tertiary/aromatic N) is 5. The summed E-state index contributed by atoms with van der Waals surface area (Å²) in [6, 6.07) is 0.646. The highest BCUT2D eigenvalue weighted by molar-refractivity contribution is 6.28. The summed E-state index contributed by atoms with van der Waals surface area (Å²) in [7, 11) is 0. The molecule has 2 aromatic rings. The highest BCUT2D eigenvalue weighted by atomic mass is 35.5. The van der Waals surface area contributed by atoms with Gasteiger partial charge in [0.05, 0.1) is 11.6 Å². The van der Waals surface area contributed by atoms with Gasteiger partial charge in [0.25, 0.3) is 0 Å². The average Bonchev–Trinajstić information content (AvgIpc) is 3.18. The number of hydrogen-bond donors (Lipinski definition) is 1. The van der Waals surface area contributed by atoms with Crippen LogP contribution in [0, 0.1) is 0 Å². The highest BCUT2D eigenvalue weighted by Crippen LogP contribution is 2.29. The molecule has 2 aromatic heterocycles. The van der Waals surface area contributed by atoms with Crippen molar-refractivity contribution in [3.05, 3.63) is 11.5 Å². The normalized spacial score (nSPS) is 24.1. The molecule has 2 fully saturated rings. The fourth-order valence-electron chi connectivity index (χ4n) is 3.37. The first-order chi connectivity index (χ1) is 9.81. The molecule has 0 radical (unpaired) electrons. The largest absolute Gasteiger partial charge is 0.354 e. The van der Waals surface area contributed by atoms with Gasteiger partial charge >= 0.3 is 0 Å². The van der Waals surface area contributed by atoms with E-state index in [0.717, 1.165) is 24.3 Å². The molecule has 0 spiro atoms. The van der Waals surface area contributed by atoms with Gasteiger partial charge in [-0.1, -0.05) is 0 Å². The molecule has 2 saturated heterocycles. The molecule has 0 aromatic carbocycles. The molecule has 0 amide bonds. The van der Waals surface area contributed by atoms with Crippen molar-refractivity contribution in [2.24, 2.45) is 0 Å². The van der Waals surface area contributed by atoms with Crippen LogP contribution in [0.5, 0.6) is 0 Å². The second-order valence-electron chi connectivity index (χ2n) is 5.58. The summed E-state index contributed by atoms with van der Waals surface area (Å²) in [5.41, 5.74) is 0.713. The quantitative estimate of drug-likeness (QED) is 0.854. The number of likely N-dealkylation sites (tertiary alicyclic amines) is 1. The molecule has 106 valence electrons. The summed E-state index contributed by atoms with van der Waals surface area (Å²) in [6.07, 6.45) is 5.65. The van der Waals surface area contributed by atoms with E-state index in [1.54, 1.807) is 6.20 Å². The predicted molar refractivity (Wildman–Crippen MR) is 78.1 cm³/mol. The van der Waals surface area contributed by atoms with Crippen molar-refractivity contribution < 1.29 is 0 Å². The van der Waals surface area contributed by atoms with Gasteiger partial charge in [0.2, 0.25) is 5.28 Å². The molecule has 20 heavy (non-hydrogen) atoms. The number of halogens is 1. The van der Waals surface area contributed by atoms with Gasteiger partial charge in [-0.05, 0) is 44.0 Å². The van der Waals surface area contributed by atoms with Crippen molar-refractivity contribution in [1.29, 1.82) is 0 Å². The van der Waals surface area contributed by atoms with Crippen molar-refractivity contribution in [2.45, 2.75) is 25.3 Å². The lowest BCUT2D eigenvalue weighted by Gasteiger charge is -2.24. The molecule has 1 unspecified atom stereocenters. The number of aromatic amines is 1. The monoisotopic (exact) mass is 292 g/mol. The van der Waals surface area contributed by atoms with Crippen LogP contribution in [0.1, 0.15) is 19.3 Å². The van der Waals surface area contributed by atoms with Crippen LogP contribution >= 0.6 is 11.6 Å². The number of aromatic nitrogens is 4. The van der Waals surface area contributed by atoms with Gasteiger partial charge in [0.1, 0.15) is 5.82 Å². The van der Waals surface area contributed by atoms with E-state index in [9.17, 15) is 0 Å². The van der Waals surface area contributed by atoms with E-state index in [1.807, 2.05) is 0 Å². The molecule has 1 N–H and O–H groups in total. The summed E-state index contributed by atoms with van der Waals surface area (Å²) >= 11 is 6.02. The Hall–Kier alpha value is -1.40. The van der Waals surface area contributed by atoms with Crippen LogP contribution in [0.3, 0.4) is 0 Å². The smallest absolute Gasteiger partial charge is 0.226 e. The number of nitrogens with one attached hydrogen (secondary N) is 1. The topological polar surface area (TPSA) is 60.9 Å². The van der Waals surface area contributed by atoms with Crippen LogP contribution in [-0.2, 0) is 0 Å². The lowest BCUT2D eigenvalue weighted by Crippen LogP contribution is -2.35. The highest BCUT2D eigenvalue weighted by Gasteiger charge is 2.31. The molecular formula is C13H17ClN6. The Morgan fingerprint density at radius 2 is 2.05 bits per heavy atom. The molecular weight excluding hydrogens is 276 g/mol. The Labute approximate surface area is 122 Å². The van der Waals surface area contributed by atoms with Gasteiger partial charge in [-0.3, -0.25) is 10.00 Å². The molecule has 2 aliphatic heterocycles.